The zero-order chi connectivity index (χ0) is 20.0. The Morgan fingerprint density at radius 2 is 1.31 bits per heavy atom. The van der Waals surface area contributed by atoms with E-state index in [0.29, 0.717) is 29.1 Å². The van der Waals surface area contributed by atoms with Crippen LogP contribution in [0.5, 0.6) is 0 Å². The predicted octanol–water partition coefficient (Wildman–Crippen LogP) is 7.39. The van der Waals surface area contributed by atoms with E-state index in [4.69, 9.17) is 16.7 Å². The quantitative estimate of drug-likeness (QED) is 0.276. The molecule has 0 aromatic carbocycles. The molecule has 1 saturated heterocycles. The number of unbranched alkanes of at least 4 members (excludes halogenated alkanes) is 3. The standard InChI is InChI=1S/C8H18.2C4H9.C3H8O4.CH3.O.Ti/c1-4-6-7-8(3)5-2;2*1-3-4-2;4-6-2-1-3-7-5;;;/h8H,4-7H2,1-3H3;2*1,3-4H2,2H3;4-5H,1-3H2;1H3;;/q;;;;;;+2/p-2. The summed E-state index contributed by atoms with van der Waals surface area (Å²) in [6, 6.07) is 0. The molecular weight excluding hydrogens is 368 g/mol. The normalized spacial score (nSPS) is 25.0. The summed E-state index contributed by atoms with van der Waals surface area (Å²) in [6.45, 7) is 11.7. The summed E-state index contributed by atoms with van der Waals surface area (Å²) in [5.41, 5.74) is 0. The van der Waals surface area contributed by atoms with Crippen molar-refractivity contribution in [1.29, 1.82) is 0 Å². The first kappa shape index (κ1) is 26.4. The summed E-state index contributed by atoms with van der Waals surface area (Å²) in [5, 5.41) is 1.61. The van der Waals surface area contributed by atoms with E-state index in [1.807, 2.05) is 13.8 Å². The number of rotatable bonds is 10. The van der Waals surface area contributed by atoms with E-state index >= 15 is 0 Å². The van der Waals surface area contributed by atoms with Crippen molar-refractivity contribution in [2.45, 2.75) is 107 Å². The van der Waals surface area contributed by atoms with Crippen molar-refractivity contribution in [3.63, 3.8) is 0 Å². The molecule has 1 rings (SSSR count). The molecule has 1 unspecified atom stereocenters. The predicted molar refractivity (Wildman–Crippen MR) is 104 cm³/mol. The molecular formula is C20H45O5Ti. The second kappa shape index (κ2) is 12.0. The van der Waals surface area contributed by atoms with E-state index < -0.39 is 14.8 Å². The molecule has 1 aliphatic rings. The Morgan fingerprint density at radius 3 is 1.69 bits per heavy atom. The van der Waals surface area contributed by atoms with Crippen LogP contribution >= 0.6 is 0 Å². The van der Waals surface area contributed by atoms with Crippen molar-refractivity contribution < 1.29 is 34.8 Å². The molecule has 0 saturated carbocycles. The number of hydrogen-bond acceptors (Lipinski definition) is 5. The SMILES string of the molecule is CCCCC(C)CC.CCC[CH2][Ti]1([CH3])(=[O])([CH2]CCC)[O]OCCCO[O]1. The molecule has 0 N–H and O–H groups in total. The van der Waals surface area contributed by atoms with Gasteiger partial charge in [-0.05, 0) is 5.92 Å². The minimum absolute atomic E-state index is 0.385. The molecule has 0 bridgehead atoms. The molecule has 6 heteroatoms. The van der Waals surface area contributed by atoms with Gasteiger partial charge in [0.1, 0.15) is 0 Å². The van der Waals surface area contributed by atoms with Gasteiger partial charge in [-0.3, -0.25) is 0 Å². The van der Waals surface area contributed by atoms with Crippen molar-refractivity contribution in [2.75, 3.05) is 13.2 Å². The summed E-state index contributed by atoms with van der Waals surface area (Å²) in [7, 11) is 0. The summed E-state index contributed by atoms with van der Waals surface area (Å²) in [6.07, 6.45) is 9.62. The van der Waals surface area contributed by atoms with Gasteiger partial charge in [-0.1, -0.05) is 46.5 Å². The Kier molecular flexibility index (Phi) is 12.2. The van der Waals surface area contributed by atoms with Crippen LogP contribution in [0.4, 0.5) is 0 Å². The molecule has 0 aromatic rings. The van der Waals surface area contributed by atoms with Gasteiger partial charge in [0.2, 0.25) is 0 Å². The first-order valence-corrected chi connectivity index (χ1v) is 16.6. The van der Waals surface area contributed by atoms with Crippen LogP contribution in [0.15, 0.2) is 0 Å². The molecule has 0 amide bonds. The molecule has 1 heterocycles. The summed E-state index contributed by atoms with van der Waals surface area (Å²) < 4.78 is 25.3. The molecule has 5 nitrogen and oxygen atoms in total. The summed E-state index contributed by atoms with van der Waals surface area (Å²) in [4.78, 5) is 10.3. The van der Waals surface area contributed by atoms with Crippen molar-refractivity contribution >= 4 is 0 Å². The summed E-state index contributed by atoms with van der Waals surface area (Å²) in [5.74, 6) is 0.954. The van der Waals surface area contributed by atoms with Crippen LogP contribution in [0.25, 0.3) is 0 Å². The van der Waals surface area contributed by atoms with E-state index in [0.717, 1.165) is 31.6 Å². The average molecular weight is 413 g/mol. The fraction of sp³-hybridized carbons (Fsp3) is 1.00. The minimum atomic E-state index is -5.35. The van der Waals surface area contributed by atoms with Gasteiger partial charge in [0.05, 0.1) is 0 Å². The van der Waals surface area contributed by atoms with Gasteiger partial charge in [-0.15, -0.1) is 0 Å². The van der Waals surface area contributed by atoms with Crippen LogP contribution in [0.2, 0.25) is 14.7 Å². The van der Waals surface area contributed by atoms with Gasteiger partial charge in [0.25, 0.3) is 0 Å². The van der Waals surface area contributed by atoms with Crippen molar-refractivity contribution in [3.05, 3.63) is 0 Å². The van der Waals surface area contributed by atoms with Crippen LogP contribution in [-0.4, -0.2) is 13.2 Å². The van der Waals surface area contributed by atoms with Crippen LogP contribution in [0, 0.1) is 5.92 Å². The molecule has 1 aliphatic heterocycles. The Balaban J connectivity index is 0.000000660. The van der Waals surface area contributed by atoms with E-state index in [1.165, 1.54) is 25.7 Å². The average Bonchev–Trinajstić information content (AvgIpc) is 2.62. The molecule has 1 atom stereocenters. The van der Waals surface area contributed by atoms with Gasteiger partial charge < -0.3 is 0 Å². The van der Waals surface area contributed by atoms with E-state index in [-0.39, 0.29) is 0 Å². The van der Waals surface area contributed by atoms with Gasteiger partial charge in [-0.25, -0.2) is 0 Å². The van der Waals surface area contributed by atoms with Crippen LogP contribution in [0.1, 0.15) is 92.4 Å². The monoisotopic (exact) mass is 413 g/mol. The Bertz CT molecular complexity index is 402. The molecule has 0 radical (unpaired) electrons. The molecule has 0 spiro atoms. The van der Waals surface area contributed by atoms with Crippen molar-refractivity contribution in [3.8, 4) is 0 Å². The van der Waals surface area contributed by atoms with Gasteiger partial charge in [-0.2, -0.15) is 0 Å². The van der Waals surface area contributed by atoms with Gasteiger partial charge in [0.15, 0.2) is 0 Å². The zero-order valence-electron chi connectivity index (χ0n) is 18.3. The van der Waals surface area contributed by atoms with E-state index in [2.05, 4.69) is 20.8 Å². The maximum absolute atomic E-state index is 13.7. The van der Waals surface area contributed by atoms with Gasteiger partial charge >= 0.3 is 109 Å². The molecule has 26 heavy (non-hydrogen) atoms. The topological polar surface area (TPSA) is 54.0 Å². The fourth-order valence-corrected chi connectivity index (χ4v) is 9.84. The molecule has 0 aromatic heterocycles. The van der Waals surface area contributed by atoms with Crippen LogP contribution < -0.4 is 0 Å². The molecule has 0 aliphatic carbocycles. The third-order valence-corrected chi connectivity index (χ3v) is 13.1. The first-order chi connectivity index (χ1) is 12.2. The fourth-order valence-electron chi connectivity index (χ4n) is 3.09. The maximum atomic E-state index is 13.7. The Morgan fingerprint density at radius 1 is 0.846 bits per heavy atom. The second-order valence-electron chi connectivity index (χ2n) is 8.71. The molecule has 159 valence electrons. The number of hydrogen-bond donors (Lipinski definition) is 0. The van der Waals surface area contributed by atoms with Crippen molar-refractivity contribution in [1.82, 2.24) is 0 Å². The Labute approximate surface area is 161 Å². The van der Waals surface area contributed by atoms with Crippen molar-refractivity contribution in [2.24, 2.45) is 5.92 Å². The first-order valence-electron chi connectivity index (χ1n) is 11.0. The van der Waals surface area contributed by atoms with E-state index in [1.54, 1.807) is 5.23 Å². The van der Waals surface area contributed by atoms with Crippen LogP contribution in [0.3, 0.4) is 0 Å². The van der Waals surface area contributed by atoms with Gasteiger partial charge in [0, 0.05) is 0 Å². The third-order valence-electron chi connectivity index (χ3n) is 5.39. The summed E-state index contributed by atoms with van der Waals surface area (Å²) >= 11 is -5.35. The third kappa shape index (κ3) is 10.1. The Hall–Kier alpha value is 0.354. The zero-order valence-corrected chi connectivity index (χ0v) is 19.9. The van der Waals surface area contributed by atoms with E-state index in [9.17, 15) is 3.32 Å². The molecule has 1 fully saturated rings. The van der Waals surface area contributed by atoms with Crippen LogP contribution in [-0.2, 0) is 34.8 Å². The second-order valence-corrected chi connectivity index (χ2v) is 19.2.